The second kappa shape index (κ2) is 66.5. The van der Waals surface area contributed by atoms with Crippen molar-refractivity contribution in [3.63, 3.8) is 0 Å². The summed E-state index contributed by atoms with van der Waals surface area (Å²) in [4.78, 5) is 59.9. The van der Waals surface area contributed by atoms with Crippen molar-refractivity contribution in [1.29, 1.82) is 0 Å². The number of rotatable bonds is 41. The number of aryl methyl sites for hydroxylation is 2. The number of hydrogen-bond donors (Lipinski definition) is 5. The molecule has 1 fully saturated rings. The minimum Gasteiger partial charge on any atom is -0.850 e. The van der Waals surface area contributed by atoms with Gasteiger partial charge in [0.15, 0.2) is 0 Å². The first kappa shape index (κ1) is 101. The molecule has 2 aromatic carbocycles. The number of carboxylic acids is 3. The summed E-state index contributed by atoms with van der Waals surface area (Å²) in [6, 6.07) is 19.5. The normalized spacial score (nSPS) is 11.0. The molecule has 0 aliphatic carbocycles. The maximum atomic E-state index is 12.5. The van der Waals surface area contributed by atoms with Crippen LogP contribution in [0, 0.1) is 19.8 Å². The smallest absolute Gasteiger partial charge is 0.850 e. The van der Waals surface area contributed by atoms with Crippen molar-refractivity contribution < 1.29 is 173 Å². The van der Waals surface area contributed by atoms with Gasteiger partial charge in [-0.25, -0.2) is 39.1 Å². The van der Waals surface area contributed by atoms with Crippen LogP contribution in [0.3, 0.4) is 0 Å². The topological polar surface area (TPSA) is 401 Å². The van der Waals surface area contributed by atoms with Crippen LogP contribution in [-0.4, -0.2) is 257 Å². The summed E-state index contributed by atoms with van der Waals surface area (Å²) in [5.74, 6) is -3.72. The minimum absolute atomic E-state index is 0. The van der Waals surface area contributed by atoms with E-state index < -0.39 is 40.6 Å². The quantitative estimate of drug-likeness (QED) is 0.0149. The minimum atomic E-state index is -1.30. The van der Waals surface area contributed by atoms with E-state index in [0.29, 0.717) is 172 Å². The van der Waals surface area contributed by atoms with E-state index in [4.69, 9.17) is 102 Å². The number of anilines is 1. The third-order valence-corrected chi connectivity index (χ3v) is 11.9. The maximum Gasteiger partial charge on any atom is 1.00 e. The number of aliphatic hydroxyl groups excluding tert-OH is 1. The van der Waals surface area contributed by atoms with Crippen LogP contribution in [0.5, 0.6) is 11.8 Å². The number of carbonyl (C=O) groups is 3. The molecule has 32 heteroatoms. The average Bonchev–Trinajstić information content (AvgIpc) is 0.790. The average molecular weight is 1490 g/mol. The van der Waals surface area contributed by atoms with Gasteiger partial charge in [-0.15, -0.1) is 5.60 Å². The second-order valence-electron chi connectivity index (χ2n) is 21.1. The Bertz CT molecular complexity index is 3110. The first-order chi connectivity index (χ1) is 48.2. The van der Waals surface area contributed by atoms with E-state index >= 15 is 0 Å². The molecule has 30 nitrogen and oxygen atoms in total. The molecule has 0 saturated carbocycles. The van der Waals surface area contributed by atoms with E-state index in [2.05, 4.69) is 19.9 Å². The van der Waals surface area contributed by atoms with Crippen molar-refractivity contribution in [3.05, 3.63) is 136 Å². The standard InChI is InChI=1S/C23H28N2O7.C15H23NO7.C9H20O5.C8H9NO2.C6H4FNO2.C4H8O.C4H9O.2CH4.K.H2/c1-17-5-3-7-19-20(17)23(26)32-22(25-19)18-6-4-8-24-21(18)31-16-15-30-14-13-29-12-11-28-10-9-27-2;1-19-5-6-20-7-8-21-9-10-22-11-12-23-14-13(15(17)18)3-2-4-16-14;1-11-4-5-13-8-9-14-7-6-12-3-2-10;1-5-3-2-4-6(9)7(5)8(10)11;7-5-4(6(9)10)2-1-3-8-5;1-2-4-5-3-1;1-4(2,3)5;;;;/h3-8H,9-16H2,1-2H3;2-4H,5-12H2,1H3,(H,17,18);10H,2-9H2,1H3;2-4H,9H2,1H3,(H,10,11);1-3H,(H,9,10);1-4H2;1-3H3;2*1H4;;1H/q;;;;;;-1;;;+1;/i;;;;;;;;;;1+1. The number of carboxylic acid groups (broad SMARTS) is 3. The van der Waals surface area contributed by atoms with Gasteiger partial charge >= 0.3 is 74.9 Å². The molecule has 7 rings (SSSR count). The fraction of sp³-hybridized carbons (Fsp3) is 0.549. The van der Waals surface area contributed by atoms with Crippen molar-refractivity contribution in [1.82, 2.24) is 19.9 Å². The number of hydrogen-bond acceptors (Lipinski definition) is 27. The van der Waals surface area contributed by atoms with Crippen LogP contribution in [0.15, 0.2) is 101 Å². The summed E-state index contributed by atoms with van der Waals surface area (Å²) in [6.07, 6.45) is 6.83. The zero-order valence-electron chi connectivity index (χ0n) is 59.6. The molecule has 4 aromatic heterocycles. The third-order valence-electron chi connectivity index (χ3n) is 11.9. The Hall–Kier alpha value is -6.19. The van der Waals surface area contributed by atoms with Crippen LogP contribution in [0.1, 0.15) is 92.1 Å². The molecule has 0 amide bonds. The molecule has 1 saturated heterocycles. The number of pyridine rings is 3. The molecule has 0 radical (unpaired) electrons. The molecule has 1 aliphatic heterocycles. The summed E-state index contributed by atoms with van der Waals surface area (Å²) in [7, 11) is 4.89. The van der Waals surface area contributed by atoms with Crippen molar-refractivity contribution in [2.45, 2.75) is 67.9 Å². The van der Waals surface area contributed by atoms with Crippen LogP contribution < -0.4 is 77.3 Å². The van der Waals surface area contributed by atoms with E-state index in [0.717, 1.165) is 24.8 Å². The molecule has 0 atom stereocenters. The maximum absolute atomic E-state index is 12.5. The Kier molecular flexibility index (Phi) is 65.2. The second-order valence-corrected chi connectivity index (χ2v) is 21.1. The number of aromatic nitrogens is 4. The Balaban J connectivity index is -0.000000608. The summed E-state index contributed by atoms with van der Waals surface area (Å²) >= 11 is 0. The van der Waals surface area contributed by atoms with Crippen LogP contribution in [0.4, 0.5) is 10.1 Å². The van der Waals surface area contributed by atoms with E-state index in [-0.39, 0.29) is 110 Å². The fourth-order valence-corrected chi connectivity index (χ4v) is 7.28. The summed E-state index contributed by atoms with van der Waals surface area (Å²) < 4.78 is 95.8. The molecule has 0 spiro atoms. The van der Waals surface area contributed by atoms with Gasteiger partial charge in [-0.2, -0.15) is 4.39 Å². The monoisotopic (exact) mass is 1490 g/mol. The molecule has 6 aromatic rings. The van der Waals surface area contributed by atoms with Gasteiger partial charge in [0.25, 0.3) is 0 Å². The number of aliphatic hydroxyl groups is 1. The van der Waals surface area contributed by atoms with E-state index in [1.807, 2.05) is 19.1 Å². The van der Waals surface area contributed by atoms with Gasteiger partial charge in [0.2, 0.25) is 23.6 Å². The van der Waals surface area contributed by atoms with E-state index in [1.165, 1.54) is 37.4 Å². The van der Waals surface area contributed by atoms with E-state index in [9.17, 15) is 28.7 Å². The first-order valence-electron chi connectivity index (χ1n) is 32.0. The Morgan fingerprint density at radius 3 is 1.29 bits per heavy atom. The van der Waals surface area contributed by atoms with Crippen molar-refractivity contribution in [3.8, 4) is 23.2 Å². The SMILES string of the molecule is C.C.C1CCOC1.CC(C)(C)[O-].COCCOCCOCCOCCO.COCCOCCOCCOCCOc1ncccc1-c1nc2cccc(C)c2c(=O)o1.COCCOCCOCCOCCOc1ncccc1C(=O)O.Cc1cccc(N)c1C(=O)O.O=C(O)c1cccnc1F.[2HH].[K+]. The van der Waals surface area contributed by atoms with Crippen LogP contribution in [0.25, 0.3) is 22.4 Å². The van der Waals surface area contributed by atoms with Gasteiger partial charge in [0, 0.05) is 60.2 Å². The number of fused-ring (bicyclic) bond motifs is 1. The summed E-state index contributed by atoms with van der Waals surface area (Å²) in [5, 5.41) is 44.9. The summed E-state index contributed by atoms with van der Waals surface area (Å²) in [5.41, 5.74) is 6.98. The van der Waals surface area contributed by atoms with E-state index in [1.54, 1.807) is 97.7 Å². The molecule has 578 valence electrons. The Morgan fingerprint density at radius 1 is 0.534 bits per heavy atom. The zero-order chi connectivity index (χ0) is 73.9. The number of nitrogens with zero attached hydrogens (tertiary/aromatic N) is 4. The summed E-state index contributed by atoms with van der Waals surface area (Å²) in [6.45, 7) is 21.6. The van der Waals surface area contributed by atoms with Crippen molar-refractivity contribution in [2.24, 2.45) is 0 Å². The van der Waals surface area contributed by atoms with Crippen LogP contribution in [0.2, 0.25) is 0 Å². The molecular formula is C71H111FKN5O25. The number of nitrogens with two attached hydrogens (primary N) is 1. The van der Waals surface area contributed by atoms with Gasteiger partial charge in [-0.1, -0.05) is 59.9 Å². The fourth-order valence-electron chi connectivity index (χ4n) is 7.28. The molecule has 1 aliphatic rings. The van der Waals surface area contributed by atoms with Gasteiger partial charge < -0.3 is 107 Å². The number of nitrogen functional groups attached to an aromatic ring is 1. The molecule has 6 N–H and O–H groups in total. The van der Waals surface area contributed by atoms with Crippen LogP contribution in [-0.2, 0) is 61.6 Å². The van der Waals surface area contributed by atoms with Gasteiger partial charge in [-0.05, 0) is 86.3 Å². The van der Waals surface area contributed by atoms with Gasteiger partial charge in [-0.3, -0.25) is 0 Å². The van der Waals surface area contributed by atoms with Gasteiger partial charge in [0.05, 0.1) is 167 Å². The third kappa shape index (κ3) is 52.4. The molecule has 103 heavy (non-hydrogen) atoms. The van der Waals surface area contributed by atoms with Gasteiger partial charge in [0.1, 0.15) is 24.3 Å². The molecular weight excluding hydrogens is 1380 g/mol. The number of aromatic carboxylic acids is 3. The molecule has 5 heterocycles. The zero-order valence-corrected chi connectivity index (χ0v) is 62.7. The number of halogens is 1. The van der Waals surface area contributed by atoms with Crippen LogP contribution >= 0.6 is 0 Å². The number of benzene rings is 2. The Morgan fingerprint density at radius 2 is 0.913 bits per heavy atom. The Labute approximate surface area is 648 Å². The largest absolute Gasteiger partial charge is 1.00 e. The number of methoxy groups -OCH3 is 3. The molecule has 0 bridgehead atoms. The van der Waals surface area contributed by atoms with Crippen molar-refractivity contribution >= 4 is 34.5 Å². The predicted octanol–water partition coefficient (Wildman–Crippen LogP) is 4.82. The molecule has 0 unspecified atom stereocenters. The first-order valence-corrected chi connectivity index (χ1v) is 32.0. The van der Waals surface area contributed by atoms with Crippen molar-refractivity contribution in [2.75, 3.05) is 199 Å². The predicted molar refractivity (Wildman–Crippen MR) is 380 cm³/mol. The number of ether oxygens (including phenoxy) is 15.